The van der Waals surface area contributed by atoms with Crippen LogP contribution in [0.25, 0.3) is 0 Å². The summed E-state index contributed by atoms with van der Waals surface area (Å²) in [5.74, 6) is 0. The van der Waals surface area contributed by atoms with E-state index in [0.29, 0.717) is 11.5 Å². The predicted molar refractivity (Wildman–Crippen MR) is 62.6 cm³/mol. The molecule has 0 aromatic rings. The largest absolute Gasteiger partial charge is 0.382 e. The third-order valence-electron chi connectivity index (χ3n) is 3.37. The van der Waals surface area contributed by atoms with Crippen molar-refractivity contribution in [3.63, 3.8) is 0 Å². The van der Waals surface area contributed by atoms with E-state index < -0.39 is 0 Å². The van der Waals surface area contributed by atoms with Gasteiger partial charge in [0.05, 0.1) is 6.10 Å². The fourth-order valence-electron chi connectivity index (χ4n) is 1.94. The SMILES string of the molecule is CCNCC(CC)(CC)CC(C)OC. The van der Waals surface area contributed by atoms with Crippen LogP contribution in [0.3, 0.4) is 0 Å². The molecule has 86 valence electrons. The van der Waals surface area contributed by atoms with Crippen LogP contribution in [0.4, 0.5) is 0 Å². The number of hydrogen-bond acceptors (Lipinski definition) is 2. The average Bonchev–Trinajstić information content (AvgIpc) is 2.24. The van der Waals surface area contributed by atoms with Crippen LogP contribution >= 0.6 is 0 Å². The van der Waals surface area contributed by atoms with Gasteiger partial charge in [0.1, 0.15) is 0 Å². The number of rotatable bonds is 8. The molecule has 0 saturated heterocycles. The number of ether oxygens (including phenoxy) is 1. The lowest BCUT2D eigenvalue weighted by atomic mass is 9.77. The summed E-state index contributed by atoms with van der Waals surface area (Å²) >= 11 is 0. The highest BCUT2D eigenvalue weighted by atomic mass is 16.5. The summed E-state index contributed by atoms with van der Waals surface area (Å²) in [5.41, 5.74) is 0.422. The predicted octanol–water partition coefficient (Wildman–Crippen LogP) is 2.83. The number of nitrogens with one attached hydrogen (secondary N) is 1. The summed E-state index contributed by atoms with van der Waals surface area (Å²) in [6.07, 6.45) is 3.98. The molecule has 1 unspecified atom stereocenters. The molecule has 0 heterocycles. The maximum Gasteiger partial charge on any atom is 0.0549 e. The van der Waals surface area contributed by atoms with Crippen LogP contribution in [0, 0.1) is 5.41 Å². The molecule has 0 saturated carbocycles. The Morgan fingerprint density at radius 3 is 2.14 bits per heavy atom. The molecule has 0 radical (unpaired) electrons. The molecule has 14 heavy (non-hydrogen) atoms. The zero-order valence-electron chi connectivity index (χ0n) is 10.5. The van der Waals surface area contributed by atoms with Crippen molar-refractivity contribution in [3.05, 3.63) is 0 Å². The maximum atomic E-state index is 5.36. The van der Waals surface area contributed by atoms with Gasteiger partial charge >= 0.3 is 0 Å². The summed E-state index contributed by atoms with van der Waals surface area (Å²) in [6.45, 7) is 11.1. The van der Waals surface area contributed by atoms with Gasteiger partial charge in [-0.15, -0.1) is 0 Å². The van der Waals surface area contributed by atoms with E-state index in [1.54, 1.807) is 7.11 Å². The normalized spacial score (nSPS) is 14.4. The van der Waals surface area contributed by atoms with Crippen molar-refractivity contribution >= 4 is 0 Å². The molecule has 0 amide bonds. The van der Waals surface area contributed by atoms with E-state index in [-0.39, 0.29) is 0 Å². The molecule has 0 aromatic carbocycles. The van der Waals surface area contributed by atoms with Crippen LogP contribution < -0.4 is 5.32 Å². The summed E-state index contributed by atoms with van der Waals surface area (Å²) in [6, 6.07) is 0. The minimum Gasteiger partial charge on any atom is -0.382 e. The van der Waals surface area contributed by atoms with Crippen LogP contribution in [0.2, 0.25) is 0 Å². The van der Waals surface area contributed by atoms with Gasteiger partial charge in [-0.1, -0.05) is 20.8 Å². The zero-order valence-corrected chi connectivity index (χ0v) is 10.5. The second-order valence-corrected chi connectivity index (χ2v) is 4.24. The molecule has 2 nitrogen and oxygen atoms in total. The number of hydrogen-bond donors (Lipinski definition) is 1. The van der Waals surface area contributed by atoms with E-state index >= 15 is 0 Å². The molecule has 0 aliphatic heterocycles. The molecular formula is C12H27NO. The monoisotopic (exact) mass is 201 g/mol. The van der Waals surface area contributed by atoms with Crippen molar-refractivity contribution in [2.75, 3.05) is 20.2 Å². The first-order chi connectivity index (χ1) is 6.64. The van der Waals surface area contributed by atoms with Gasteiger partial charge in [0.15, 0.2) is 0 Å². The van der Waals surface area contributed by atoms with Gasteiger partial charge in [0, 0.05) is 13.7 Å². The Balaban J connectivity index is 4.20. The van der Waals surface area contributed by atoms with Gasteiger partial charge in [-0.05, 0) is 38.1 Å². The molecule has 2 heteroatoms. The van der Waals surface area contributed by atoms with Crippen LogP contribution in [0.1, 0.15) is 47.0 Å². The molecule has 0 rings (SSSR count). The molecule has 0 bridgehead atoms. The smallest absolute Gasteiger partial charge is 0.0549 e. The van der Waals surface area contributed by atoms with Gasteiger partial charge in [0.2, 0.25) is 0 Å². The lowest BCUT2D eigenvalue weighted by Crippen LogP contribution is -2.36. The topological polar surface area (TPSA) is 21.3 Å². The first-order valence-corrected chi connectivity index (χ1v) is 5.87. The third-order valence-corrected chi connectivity index (χ3v) is 3.37. The minimum absolute atomic E-state index is 0.369. The Morgan fingerprint density at radius 2 is 1.79 bits per heavy atom. The van der Waals surface area contributed by atoms with Crippen molar-refractivity contribution in [1.82, 2.24) is 5.32 Å². The van der Waals surface area contributed by atoms with Gasteiger partial charge < -0.3 is 10.1 Å². The lowest BCUT2D eigenvalue weighted by molar-refractivity contribution is 0.0592. The molecular weight excluding hydrogens is 174 g/mol. The summed E-state index contributed by atoms with van der Waals surface area (Å²) in [4.78, 5) is 0. The molecule has 0 aromatic heterocycles. The summed E-state index contributed by atoms with van der Waals surface area (Å²) < 4.78 is 5.36. The number of methoxy groups -OCH3 is 1. The van der Waals surface area contributed by atoms with Gasteiger partial charge in [-0.2, -0.15) is 0 Å². The average molecular weight is 201 g/mol. The van der Waals surface area contributed by atoms with Crippen LogP contribution in [0.5, 0.6) is 0 Å². The fraction of sp³-hybridized carbons (Fsp3) is 1.00. The summed E-state index contributed by atoms with van der Waals surface area (Å²) in [7, 11) is 1.80. The van der Waals surface area contributed by atoms with Crippen LogP contribution in [-0.4, -0.2) is 26.3 Å². The van der Waals surface area contributed by atoms with Crippen molar-refractivity contribution in [2.24, 2.45) is 5.41 Å². The maximum absolute atomic E-state index is 5.36. The van der Waals surface area contributed by atoms with Gasteiger partial charge in [-0.25, -0.2) is 0 Å². The highest BCUT2D eigenvalue weighted by Crippen LogP contribution is 2.31. The molecule has 0 aliphatic rings. The van der Waals surface area contributed by atoms with Crippen molar-refractivity contribution < 1.29 is 4.74 Å². The second kappa shape index (κ2) is 7.24. The van der Waals surface area contributed by atoms with E-state index in [9.17, 15) is 0 Å². The highest BCUT2D eigenvalue weighted by Gasteiger charge is 2.27. The fourth-order valence-corrected chi connectivity index (χ4v) is 1.94. The zero-order chi connectivity index (χ0) is 11.0. The molecule has 1 N–H and O–H groups in total. The Morgan fingerprint density at radius 1 is 1.21 bits per heavy atom. The molecule has 0 aliphatic carbocycles. The van der Waals surface area contributed by atoms with Gasteiger partial charge in [0.25, 0.3) is 0 Å². The quantitative estimate of drug-likeness (QED) is 0.652. The summed E-state index contributed by atoms with van der Waals surface area (Å²) in [5, 5.41) is 3.46. The van der Waals surface area contributed by atoms with E-state index in [4.69, 9.17) is 4.74 Å². The molecule has 0 fully saturated rings. The van der Waals surface area contributed by atoms with E-state index in [1.807, 2.05) is 0 Å². The van der Waals surface area contributed by atoms with E-state index in [0.717, 1.165) is 19.5 Å². The first kappa shape index (κ1) is 13.9. The van der Waals surface area contributed by atoms with E-state index in [1.165, 1.54) is 12.8 Å². The standard InChI is InChI=1S/C12H27NO/c1-6-12(7-2,10-13-8-3)9-11(4)14-5/h11,13H,6-10H2,1-5H3. The Kier molecular flexibility index (Phi) is 7.20. The van der Waals surface area contributed by atoms with Crippen molar-refractivity contribution in [3.8, 4) is 0 Å². The molecule has 1 atom stereocenters. The Hall–Kier alpha value is -0.0800. The minimum atomic E-state index is 0.369. The van der Waals surface area contributed by atoms with Crippen LogP contribution in [-0.2, 0) is 4.74 Å². The van der Waals surface area contributed by atoms with Crippen molar-refractivity contribution in [2.45, 2.75) is 53.1 Å². The van der Waals surface area contributed by atoms with E-state index in [2.05, 4.69) is 33.0 Å². The Labute approximate surface area is 89.4 Å². The first-order valence-electron chi connectivity index (χ1n) is 5.87. The lowest BCUT2D eigenvalue weighted by Gasteiger charge is -2.34. The second-order valence-electron chi connectivity index (χ2n) is 4.24. The van der Waals surface area contributed by atoms with Gasteiger partial charge in [-0.3, -0.25) is 0 Å². The Bertz CT molecular complexity index is 132. The molecule has 0 spiro atoms. The van der Waals surface area contributed by atoms with Crippen LogP contribution in [0.15, 0.2) is 0 Å². The highest BCUT2D eigenvalue weighted by molar-refractivity contribution is 4.81. The van der Waals surface area contributed by atoms with Crippen molar-refractivity contribution in [1.29, 1.82) is 0 Å². The third kappa shape index (κ3) is 4.43.